The first kappa shape index (κ1) is 13.2. The summed E-state index contributed by atoms with van der Waals surface area (Å²) in [4.78, 5) is 10.2. The SMILES string of the molecule is CC(=O)C(Br)c1ccc(C)cc1C(F)(F)F. The highest BCUT2D eigenvalue weighted by molar-refractivity contribution is 9.09. The van der Waals surface area contributed by atoms with E-state index in [0.29, 0.717) is 5.56 Å². The number of aryl methyl sites for hydroxylation is 1. The van der Waals surface area contributed by atoms with Crippen LogP contribution in [-0.2, 0) is 11.0 Å². The fourth-order valence-electron chi connectivity index (χ4n) is 1.36. The molecule has 0 fully saturated rings. The van der Waals surface area contributed by atoms with Gasteiger partial charge in [-0.25, -0.2) is 0 Å². The van der Waals surface area contributed by atoms with Crippen molar-refractivity contribution in [3.63, 3.8) is 0 Å². The molecule has 0 heterocycles. The third-order valence-corrected chi connectivity index (χ3v) is 3.28. The Balaban J connectivity index is 3.34. The molecule has 0 N–H and O–H groups in total. The second-order valence-corrected chi connectivity index (χ2v) is 4.48. The lowest BCUT2D eigenvalue weighted by Crippen LogP contribution is -2.13. The van der Waals surface area contributed by atoms with E-state index in [1.165, 1.54) is 13.0 Å². The number of rotatable bonds is 2. The summed E-state index contributed by atoms with van der Waals surface area (Å²) in [6, 6.07) is 3.94. The Bertz CT molecular complexity index is 412. The lowest BCUT2D eigenvalue weighted by atomic mass is 10.00. The number of hydrogen-bond donors (Lipinski definition) is 0. The minimum Gasteiger partial charge on any atom is -0.298 e. The molecule has 1 unspecified atom stereocenters. The molecule has 88 valence electrons. The van der Waals surface area contributed by atoms with Gasteiger partial charge in [0.15, 0.2) is 0 Å². The van der Waals surface area contributed by atoms with E-state index in [9.17, 15) is 18.0 Å². The molecule has 16 heavy (non-hydrogen) atoms. The van der Waals surface area contributed by atoms with Gasteiger partial charge in [-0.15, -0.1) is 0 Å². The average Bonchev–Trinajstić information content (AvgIpc) is 2.15. The van der Waals surface area contributed by atoms with Crippen LogP contribution in [0.3, 0.4) is 0 Å². The van der Waals surface area contributed by atoms with Crippen molar-refractivity contribution in [2.45, 2.75) is 24.9 Å². The lowest BCUT2D eigenvalue weighted by molar-refractivity contribution is -0.138. The summed E-state index contributed by atoms with van der Waals surface area (Å²) >= 11 is 2.97. The highest BCUT2D eigenvalue weighted by atomic mass is 79.9. The van der Waals surface area contributed by atoms with Crippen LogP contribution in [0.2, 0.25) is 0 Å². The van der Waals surface area contributed by atoms with Crippen LogP contribution in [0.4, 0.5) is 13.2 Å². The van der Waals surface area contributed by atoms with Crippen LogP contribution < -0.4 is 0 Å². The predicted molar refractivity (Wildman–Crippen MR) is 58.5 cm³/mol. The van der Waals surface area contributed by atoms with Crippen LogP contribution in [0.5, 0.6) is 0 Å². The van der Waals surface area contributed by atoms with Gasteiger partial charge in [-0.1, -0.05) is 33.6 Å². The van der Waals surface area contributed by atoms with Crippen LogP contribution in [0.25, 0.3) is 0 Å². The van der Waals surface area contributed by atoms with Crippen molar-refractivity contribution in [2.75, 3.05) is 0 Å². The summed E-state index contributed by atoms with van der Waals surface area (Å²) in [5, 5.41) is 0. The van der Waals surface area contributed by atoms with E-state index in [-0.39, 0.29) is 11.3 Å². The number of benzene rings is 1. The zero-order valence-corrected chi connectivity index (χ0v) is 10.3. The highest BCUT2D eigenvalue weighted by Gasteiger charge is 2.35. The van der Waals surface area contributed by atoms with E-state index in [1.54, 1.807) is 13.0 Å². The minimum atomic E-state index is -4.44. The van der Waals surface area contributed by atoms with Gasteiger partial charge in [-0.3, -0.25) is 4.79 Å². The third kappa shape index (κ3) is 2.84. The molecule has 1 rings (SSSR count). The Kier molecular flexibility index (Phi) is 3.78. The van der Waals surface area contributed by atoms with Gasteiger partial charge in [0.2, 0.25) is 0 Å². The first-order valence-corrected chi connectivity index (χ1v) is 5.47. The normalized spacial score (nSPS) is 13.6. The first-order valence-electron chi connectivity index (χ1n) is 4.55. The molecule has 0 spiro atoms. The molecular formula is C11H10BrF3O. The molecule has 1 aromatic rings. The lowest BCUT2D eigenvalue weighted by Gasteiger charge is -2.16. The van der Waals surface area contributed by atoms with Gasteiger partial charge in [0.05, 0.1) is 10.4 Å². The molecule has 0 saturated carbocycles. The largest absolute Gasteiger partial charge is 0.416 e. The van der Waals surface area contributed by atoms with Gasteiger partial charge in [0.1, 0.15) is 5.78 Å². The first-order chi connectivity index (χ1) is 7.23. The average molecular weight is 295 g/mol. The Hall–Kier alpha value is -0.840. The van der Waals surface area contributed by atoms with Crippen molar-refractivity contribution in [2.24, 2.45) is 0 Å². The molecule has 0 amide bonds. The molecule has 0 aliphatic carbocycles. The Morgan fingerprint density at radius 2 is 1.94 bits per heavy atom. The number of ketones is 1. The smallest absolute Gasteiger partial charge is 0.298 e. The standard InChI is InChI=1S/C11H10BrF3O/c1-6-3-4-8(10(12)7(2)16)9(5-6)11(13,14)15/h3-5,10H,1-2H3. The van der Waals surface area contributed by atoms with Crippen LogP contribution in [0, 0.1) is 6.92 Å². The molecule has 1 aromatic carbocycles. The van der Waals surface area contributed by atoms with E-state index < -0.39 is 16.6 Å². The molecule has 1 nitrogen and oxygen atoms in total. The predicted octanol–water partition coefficient (Wildman–Crippen LogP) is 4.04. The van der Waals surface area contributed by atoms with Gasteiger partial charge in [0, 0.05) is 0 Å². The summed E-state index contributed by atoms with van der Waals surface area (Å²) in [7, 11) is 0. The summed E-state index contributed by atoms with van der Waals surface area (Å²) < 4.78 is 38.2. The van der Waals surface area contributed by atoms with Gasteiger partial charge >= 0.3 is 6.18 Å². The van der Waals surface area contributed by atoms with Crippen molar-refractivity contribution < 1.29 is 18.0 Å². The molecular weight excluding hydrogens is 285 g/mol. The maximum Gasteiger partial charge on any atom is 0.416 e. The molecule has 0 aliphatic heterocycles. The second-order valence-electron chi connectivity index (χ2n) is 3.56. The fraction of sp³-hybridized carbons (Fsp3) is 0.364. The number of carbonyl (C=O) groups is 1. The summed E-state index contributed by atoms with van der Waals surface area (Å²) in [5.74, 6) is -0.352. The number of carbonyl (C=O) groups excluding carboxylic acids is 1. The summed E-state index contributed by atoms with van der Waals surface area (Å²) in [6.07, 6.45) is -4.44. The van der Waals surface area contributed by atoms with Crippen LogP contribution >= 0.6 is 15.9 Å². The van der Waals surface area contributed by atoms with E-state index >= 15 is 0 Å². The third-order valence-electron chi connectivity index (χ3n) is 2.14. The zero-order chi connectivity index (χ0) is 12.5. The van der Waals surface area contributed by atoms with Gasteiger partial charge in [-0.05, 0) is 25.5 Å². The van der Waals surface area contributed by atoms with E-state index in [4.69, 9.17) is 0 Å². The molecule has 5 heteroatoms. The maximum atomic E-state index is 12.7. The van der Waals surface area contributed by atoms with Gasteiger partial charge < -0.3 is 0 Å². The van der Waals surface area contributed by atoms with Crippen LogP contribution in [0.15, 0.2) is 18.2 Å². The molecule has 1 atom stereocenters. The molecule has 0 aromatic heterocycles. The van der Waals surface area contributed by atoms with Crippen LogP contribution in [0.1, 0.15) is 28.4 Å². The van der Waals surface area contributed by atoms with Crippen molar-refractivity contribution in [3.05, 3.63) is 34.9 Å². The molecule has 0 saturated heterocycles. The second kappa shape index (κ2) is 4.57. The monoisotopic (exact) mass is 294 g/mol. The van der Waals surface area contributed by atoms with Crippen molar-refractivity contribution in [1.29, 1.82) is 0 Å². The minimum absolute atomic E-state index is 0.0365. The number of halogens is 4. The van der Waals surface area contributed by atoms with E-state index in [0.717, 1.165) is 6.07 Å². The highest BCUT2D eigenvalue weighted by Crippen LogP contribution is 2.38. The Labute approximate surface area is 99.8 Å². The number of Topliss-reactive ketones (excluding diaryl/α,β-unsaturated/α-hetero) is 1. The maximum absolute atomic E-state index is 12.7. The topological polar surface area (TPSA) is 17.1 Å². The van der Waals surface area contributed by atoms with Gasteiger partial charge in [-0.2, -0.15) is 13.2 Å². The number of hydrogen-bond acceptors (Lipinski definition) is 1. The summed E-state index contributed by atoms with van der Waals surface area (Å²) in [6.45, 7) is 2.83. The van der Waals surface area contributed by atoms with Gasteiger partial charge in [0.25, 0.3) is 0 Å². The molecule has 0 aliphatic rings. The summed E-state index contributed by atoms with van der Waals surface area (Å²) in [5.41, 5.74) is -0.283. The van der Waals surface area contributed by atoms with Crippen LogP contribution in [-0.4, -0.2) is 5.78 Å². The van der Waals surface area contributed by atoms with Crippen molar-refractivity contribution >= 4 is 21.7 Å². The van der Waals surface area contributed by atoms with E-state index in [1.807, 2.05) is 0 Å². The Morgan fingerprint density at radius 1 is 1.38 bits per heavy atom. The fourth-order valence-corrected chi connectivity index (χ4v) is 1.75. The molecule has 0 bridgehead atoms. The molecule has 0 radical (unpaired) electrons. The van der Waals surface area contributed by atoms with Crippen molar-refractivity contribution in [1.82, 2.24) is 0 Å². The van der Waals surface area contributed by atoms with E-state index in [2.05, 4.69) is 15.9 Å². The number of alkyl halides is 4. The van der Waals surface area contributed by atoms with Crippen molar-refractivity contribution in [3.8, 4) is 0 Å². The Morgan fingerprint density at radius 3 is 2.38 bits per heavy atom. The zero-order valence-electron chi connectivity index (χ0n) is 8.73. The quantitative estimate of drug-likeness (QED) is 0.753.